The van der Waals surface area contributed by atoms with Crippen LogP contribution in [-0.2, 0) is 4.79 Å². The molecule has 18 heavy (non-hydrogen) atoms. The molecule has 3 heteroatoms. The summed E-state index contributed by atoms with van der Waals surface area (Å²) in [5.41, 5.74) is -0.447. The molecule has 3 unspecified atom stereocenters. The molecular formula is C15H28FNO. The normalized spacial score (nSPS) is 28.4. The summed E-state index contributed by atoms with van der Waals surface area (Å²) in [4.78, 5) is 14.7. The number of hydrogen-bond acceptors (Lipinski definition) is 2. The van der Waals surface area contributed by atoms with Gasteiger partial charge in [-0.25, -0.2) is 4.39 Å². The highest BCUT2D eigenvalue weighted by atomic mass is 19.1. The van der Waals surface area contributed by atoms with Crippen LogP contribution in [0.4, 0.5) is 4.39 Å². The number of likely N-dealkylation sites (tertiary alicyclic amines) is 1. The molecule has 1 fully saturated rings. The van der Waals surface area contributed by atoms with Crippen LogP contribution in [0.2, 0.25) is 0 Å². The van der Waals surface area contributed by atoms with E-state index in [0.717, 1.165) is 0 Å². The number of Topliss-reactive ketones (excluding diaryl/α,β-unsaturated/α-hetero) is 1. The fourth-order valence-electron chi connectivity index (χ4n) is 2.69. The maximum atomic E-state index is 13.6. The summed E-state index contributed by atoms with van der Waals surface area (Å²) in [5, 5.41) is 0. The molecule has 0 aromatic carbocycles. The van der Waals surface area contributed by atoms with Crippen molar-refractivity contribution in [3.05, 3.63) is 0 Å². The molecule has 0 spiro atoms. The Bertz CT molecular complexity index is 311. The zero-order valence-electron chi connectivity index (χ0n) is 12.9. The average molecular weight is 257 g/mol. The van der Waals surface area contributed by atoms with Gasteiger partial charge in [0.2, 0.25) is 0 Å². The highest BCUT2D eigenvalue weighted by Gasteiger charge is 2.45. The summed E-state index contributed by atoms with van der Waals surface area (Å²) in [6, 6.07) is -0.131. The minimum atomic E-state index is -0.840. The van der Waals surface area contributed by atoms with Crippen LogP contribution in [0.15, 0.2) is 0 Å². The molecule has 0 N–H and O–H groups in total. The van der Waals surface area contributed by atoms with Crippen molar-refractivity contribution in [2.75, 3.05) is 6.54 Å². The second kappa shape index (κ2) is 4.92. The van der Waals surface area contributed by atoms with E-state index in [-0.39, 0.29) is 28.7 Å². The van der Waals surface area contributed by atoms with Crippen molar-refractivity contribution < 1.29 is 9.18 Å². The van der Waals surface area contributed by atoms with Gasteiger partial charge in [0.1, 0.15) is 6.17 Å². The number of halogens is 1. The number of carbonyl (C=O) groups excluding carboxylic acids is 1. The summed E-state index contributed by atoms with van der Waals surface area (Å²) >= 11 is 0. The first-order valence-corrected chi connectivity index (χ1v) is 6.89. The first kappa shape index (κ1) is 15.6. The molecule has 0 aliphatic carbocycles. The maximum Gasteiger partial charge on any atom is 0.155 e. The highest BCUT2D eigenvalue weighted by molar-refractivity contribution is 5.89. The summed E-state index contributed by atoms with van der Waals surface area (Å²) in [6.45, 7) is 14.4. The number of nitrogens with zero attached hydrogens (tertiary/aromatic N) is 1. The zero-order valence-corrected chi connectivity index (χ0v) is 12.9. The summed E-state index contributed by atoms with van der Waals surface area (Å²) in [6.07, 6.45) is -0.182. The van der Waals surface area contributed by atoms with Crippen molar-refractivity contribution in [2.45, 2.75) is 72.6 Å². The third-order valence-electron chi connectivity index (χ3n) is 3.89. The first-order valence-electron chi connectivity index (χ1n) is 6.89. The van der Waals surface area contributed by atoms with Crippen LogP contribution < -0.4 is 0 Å². The van der Waals surface area contributed by atoms with Gasteiger partial charge in [-0.05, 0) is 34.1 Å². The van der Waals surface area contributed by atoms with Gasteiger partial charge >= 0.3 is 0 Å². The first-order chi connectivity index (χ1) is 7.94. The van der Waals surface area contributed by atoms with Crippen molar-refractivity contribution in [1.29, 1.82) is 0 Å². The molecule has 106 valence electrons. The fourth-order valence-corrected chi connectivity index (χ4v) is 2.69. The van der Waals surface area contributed by atoms with Crippen LogP contribution in [0.1, 0.15) is 54.9 Å². The van der Waals surface area contributed by atoms with Crippen LogP contribution in [-0.4, -0.2) is 35.0 Å². The van der Waals surface area contributed by atoms with Crippen LogP contribution in [0.25, 0.3) is 0 Å². The van der Waals surface area contributed by atoms with Gasteiger partial charge < -0.3 is 0 Å². The van der Waals surface area contributed by atoms with E-state index in [9.17, 15) is 9.18 Å². The molecule has 1 saturated heterocycles. The topological polar surface area (TPSA) is 20.3 Å². The molecule has 0 saturated carbocycles. The van der Waals surface area contributed by atoms with Crippen molar-refractivity contribution in [1.82, 2.24) is 4.90 Å². The van der Waals surface area contributed by atoms with Gasteiger partial charge in [-0.1, -0.05) is 20.8 Å². The summed E-state index contributed by atoms with van der Waals surface area (Å²) in [5.74, 6) is 0.223. The molecule has 1 aliphatic heterocycles. The van der Waals surface area contributed by atoms with E-state index in [1.807, 2.05) is 20.8 Å². The van der Waals surface area contributed by atoms with E-state index in [0.29, 0.717) is 13.0 Å². The fraction of sp³-hybridized carbons (Fsp3) is 0.933. The quantitative estimate of drug-likeness (QED) is 0.755. The summed E-state index contributed by atoms with van der Waals surface area (Å²) in [7, 11) is 0. The van der Waals surface area contributed by atoms with Gasteiger partial charge in [-0.3, -0.25) is 9.69 Å². The lowest BCUT2D eigenvalue weighted by molar-refractivity contribution is -0.132. The van der Waals surface area contributed by atoms with Crippen molar-refractivity contribution in [3.8, 4) is 0 Å². The Morgan fingerprint density at radius 1 is 1.22 bits per heavy atom. The second-order valence-corrected chi connectivity index (χ2v) is 7.63. The van der Waals surface area contributed by atoms with Crippen LogP contribution in [0, 0.1) is 11.3 Å². The lowest BCUT2D eigenvalue weighted by atomic mass is 9.83. The van der Waals surface area contributed by atoms with E-state index < -0.39 is 6.17 Å². The number of ketones is 1. The minimum Gasteiger partial charge on any atom is -0.297 e. The Kier molecular flexibility index (Phi) is 4.26. The third-order valence-corrected chi connectivity index (χ3v) is 3.89. The molecule has 1 heterocycles. The van der Waals surface area contributed by atoms with Crippen LogP contribution in [0.5, 0.6) is 0 Å². The van der Waals surface area contributed by atoms with Crippen LogP contribution in [0.3, 0.4) is 0 Å². The van der Waals surface area contributed by atoms with Gasteiger partial charge in [-0.2, -0.15) is 0 Å². The molecule has 1 aliphatic rings. The summed E-state index contributed by atoms with van der Waals surface area (Å²) < 4.78 is 13.6. The number of hydrogen-bond donors (Lipinski definition) is 0. The highest BCUT2D eigenvalue weighted by Crippen LogP contribution is 2.36. The number of rotatable bonds is 2. The molecule has 0 amide bonds. The number of carbonyl (C=O) groups is 1. The largest absolute Gasteiger partial charge is 0.297 e. The lowest BCUT2D eigenvalue weighted by Gasteiger charge is -2.38. The minimum absolute atomic E-state index is 0.0134. The molecule has 0 radical (unpaired) electrons. The molecular weight excluding hydrogens is 229 g/mol. The van der Waals surface area contributed by atoms with E-state index in [1.54, 1.807) is 6.92 Å². The monoisotopic (exact) mass is 257 g/mol. The predicted molar refractivity (Wildman–Crippen MR) is 73.4 cm³/mol. The Labute approximate surface area is 111 Å². The average Bonchev–Trinajstić information content (AvgIpc) is 2.58. The smallest absolute Gasteiger partial charge is 0.155 e. The molecule has 3 atom stereocenters. The van der Waals surface area contributed by atoms with Gasteiger partial charge in [0, 0.05) is 23.4 Å². The molecule has 2 nitrogen and oxygen atoms in total. The second-order valence-electron chi connectivity index (χ2n) is 7.63. The Balaban J connectivity index is 2.97. The maximum absolute atomic E-state index is 13.6. The lowest BCUT2D eigenvalue weighted by Crippen LogP contribution is -2.50. The van der Waals surface area contributed by atoms with Gasteiger partial charge in [0.05, 0.1) is 6.04 Å². The Morgan fingerprint density at radius 3 is 2.06 bits per heavy atom. The SMILES string of the molecule is CC(F)C1CC(C(=O)C(C)(C)C)N(C(C)(C)C)C1. The standard InChI is InChI=1S/C15H28FNO/c1-10(16)11-8-12(13(18)14(2,3)4)17(9-11)15(5,6)7/h10-12H,8-9H2,1-7H3. The van der Waals surface area contributed by atoms with Gasteiger partial charge in [0.25, 0.3) is 0 Å². The van der Waals surface area contributed by atoms with E-state index >= 15 is 0 Å². The van der Waals surface area contributed by atoms with Crippen molar-refractivity contribution >= 4 is 5.78 Å². The van der Waals surface area contributed by atoms with E-state index in [4.69, 9.17) is 0 Å². The van der Waals surface area contributed by atoms with Crippen LogP contribution >= 0.6 is 0 Å². The van der Waals surface area contributed by atoms with Crippen molar-refractivity contribution in [2.24, 2.45) is 11.3 Å². The van der Waals surface area contributed by atoms with E-state index in [1.165, 1.54) is 0 Å². The number of alkyl halides is 1. The van der Waals surface area contributed by atoms with E-state index in [2.05, 4.69) is 25.7 Å². The Hall–Kier alpha value is -0.440. The molecule has 0 aromatic rings. The third kappa shape index (κ3) is 3.31. The molecule has 0 bridgehead atoms. The predicted octanol–water partition coefficient (Wildman–Crippen LogP) is 3.45. The molecule has 0 aromatic heterocycles. The Morgan fingerprint density at radius 2 is 1.72 bits per heavy atom. The van der Waals surface area contributed by atoms with Gasteiger partial charge in [0.15, 0.2) is 5.78 Å². The van der Waals surface area contributed by atoms with Crippen molar-refractivity contribution in [3.63, 3.8) is 0 Å². The van der Waals surface area contributed by atoms with Gasteiger partial charge in [-0.15, -0.1) is 0 Å². The zero-order chi connectivity index (χ0) is 14.3. The molecule has 1 rings (SSSR count).